The first-order chi connectivity index (χ1) is 9.13. The monoisotopic (exact) mass is 263 g/mol. The van der Waals surface area contributed by atoms with Crippen molar-refractivity contribution in [3.8, 4) is 0 Å². The van der Waals surface area contributed by atoms with E-state index < -0.39 is 11.8 Å². The van der Waals surface area contributed by atoms with Crippen LogP contribution in [0.2, 0.25) is 0 Å². The average molecular weight is 263 g/mol. The summed E-state index contributed by atoms with van der Waals surface area (Å²) in [5.74, 6) is 4.04. The lowest BCUT2D eigenvalue weighted by Crippen LogP contribution is -2.53. The molecule has 2 N–H and O–H groups in total. The van der Waals surface area contributed by atoms with Gasteiger partial charge in [0, 0.05) is 25.8 Å². The van der Waals surface area contributed by atoms with Gasteiger partial charge in [-0.1, -0.05) is 12.1 Å². The van der Waals surface area contributed by atoms with Crippen molar-refractivity contribution in [1.29, 1.82) is 0 Å². The number of rotatable bonds is 4. The van der Waals surface area contributed by atoms with Gasteiger partial charge in [-0.3, -0.25) is 9.59 Å². The van der Waals surface area contributed by atoms with Gasteiger partial charge in [-0.25, -0.2) is 5.90 Å². The number of nitrogens with two attached hydrogens (primary N) is 1. The minimum Gasteiger partial charge on any atom is -0.336 e. The van der Waals surface area contributed by atoms with Gasteiger partial charge in [-0.15, -0.1) is 0 Å². The molecule has 2 rings (SSSR count). The van der Waals surface area contributed by atoms with Crippen LogP contribution in [0.15, 0.2) is 24.3 Å². The number of nitrogens with zero attached hydrogens (tertiary/aromatic N) is 2. The van der Waals surface area contributed by atoms with Crippen LogP contribution in [0.5, 0.6) is 0 Å². The topological polar surface area (TPSA) is 75.9 Å². The predicted octanol–water partition coefficient (Wildman–Crippen LogP) is -0.0756. The van der Waals surface area contributed by atoms with Gasteiger partial charge in [0.05, 0.1) is 6.61 Å². The van der Waals surface area contributed by atoms with E-state index in [9.17, 15) is 9.59 Å². The van der Waals surface area contributed by atoms with E-state index in [1.165, 1.54) is 9.80 Å². The van der Waals surface area contributed by atoms with Crippen molar-refractivity contribution in [3.63, 3.8) is 0 Å². The molecule has 1 aromatic carbocycles. The van der Waals surface area contributed by atoms with Crippen LogP contribution in [0.25, 0.3) is 0 Å². The number of piperazine rings is 1. The summed E-state index contributed by atoms with van der Waals surface area (Å²) in [6, 6.07) is 7.50. The lowest BCUT2D eigenvalue weighted by Gasteiger charge is -2.31. The number of amides is 2. The summed E-state index contributed by atoms with van der Waals surface area (Å²) in [7, 11) is 1.63. The average Bonchev–Trinajstić information content (AvgIpc) is 2.43. The van der Waals surface area contributed by atoms with E-state index in [4.69, 9.17) is 5.90 Å². The van der Waals surface area contributed by atoms with E-state index in [1.54, 1.807) is 7.05 Å². The number of anilines is 1. The zero-order chi connectivity index (χ0) is 13.8. The predicted molar refractivity (Wildman–Crippen MR) is 70.3 cm³/mol. The zero-order valence-corrected chi connectivity index (χ0v) is 10.8. The fraction of sp³-hybridized carbons (Fsp3) is 0.385. The SMILES string of the molecule is CN1CCN(c2cccc(CCON)c2)C(=O)C1=O. The molecule has 1 aliphatic rings. The van der Waals surface area contributed by atoms with E-state index in [2.05, 4.69) is 4.84 Å². The van der Waals surface area contributed by atoms with Crippen molar-refractivity contribution in [2.24, 2.45) is 5.90 Å². The summed E-state index contributed by atoms with van der Waals surface area (Å²) in [5, 5.41) is 0. The molecule has 1 saturated heterocycles. The Morgan fingerprint density at radius 3 is 2.79 bits per heavy atom. The van der Waals surface area contributed by atoms with Crippen LogP contribution in [-0.2, 0) is 20.8 Å². The second kappa shape index (κ2) is 5.81. The highest BCUT2D eigenvalue weighted by molar-refractivity contribution is 6.40. The Kier molecular flexibility index (Phi) is 4.13. The molecule has 0 radical (unpaired) electrons. The minimum atomic E-state index is -0.485. The Morgan fingerprint density at radius 1 is 1.26 bits per heavy atom. The number of hydrogen-bond acceptors (Lipinski definition) is 4. The van der Waals surface area contributed by atoms with Crippen molar-refractivity contribution in [2.45, 2.75) is 6.42 Å². The van der Waals surface area contributed by atoms with Crippen LogP contribution < -0.4 is 10.8 Å². The summed E-state index contributed by atoms with van der Waals surface area (Å²) >= 11 is 0. The maximum absolute atomic E-state index is 12.0. The van der Waals surface area contributed by atoms with Crippen LogP contribution in [0.3, 0.4) is 0 Å². The van der Waals surface area contributed by atoms with Crippen LogP contribution in [-0.4, -0.2) is 43.5 Å². The summed E-state index contributed by atoms with van der Waals surface area (Å²) in [5.41, 5.74) is 1.75. The zero-order valence-electron chi connectivity index (χ0n) is 10.8. The molecular weight excluding hydrogens is 246 g/mol. The van der Waals surface area contributed by atoms with Gasteiger partial charge in [0.15, 0.2) is 0 Å². The van der Waals surface area contributed by atoms with Gasteiger partial charge >= 0.3 is 11.8 Å². The van der Waals surface area contributed by atoms with Crippen molar-refractivity contribution < 1.29 is 14.4 Å². The normalized spacial score (nSPS) is 16.1. The number of likely N-dealkylation sites (N-methyl/N-ethyl adjacent to an activating group) is 1. The molecule has 6 nitrogen and oxygen atoms in total. The van der Waals surface area contributed by atoms with Crippen LogP contribution in [0.4, 0.5) is 5.69 Å². The smallest absolute Gasteiger partial charge is 0.316 e. The summed E-state index contributed by atoms with van der Waals surface area (Å²) in [6.45, 7) is 1.47. The molecule has 6 heteroatoms. The summed E-state index contributed by atoms with van der Waals surface area (Å²) < 4.78 is 0. The molecule has 1 fully saturated rings. The fourth-order valence-electron chi connectivity index (χ4n) is 2.03. The van der Waals surface area contributed by atoms with Gasteiger partial charge in [-0.2, -0.15) is 0 Å². The van der Waals surface area contributed by atoms with E-state index in [-0.39, 0.29) is 0 Å². The molecule has 1 heterocycles. The molecule has 102 valence electrons. The summed E-state index contributed by atoms with van der Waals surface area (Å²) in [6.07, 6.45) is 0.667. The first-order valence-corrected chi connectivity index (χ1v) is 6.11. The fourth-order valence-corrected chi connectivity index (χ4v) is 2.03. The van der Waals surface area contributed by atoms with Crippen LogP contribution in [0.1, 0.15) is 5.56 Å². The minimum absolute atomic E-state index is 0.416. The summed E-state index contributed by atoms with van der Waals surface area (Å²) in [4.78, 5) is 31.1. The van der Waals surface area contributed by atoms with Gasteiger partial charge in [0.25, 0.3) is 0 Å². The standard InChI is InChI=1S/C13H17N3O3/c1-15-6-7-16(13(18)12(15)17)11-4-2-3-10(9-11)5-8-19-14/h2-4,9H,5-8,14H2,1H3. The Hall–Kier alpha value is -1.92. The maximum Gasteiger partial charge on any atom is 0.316 e. The number of hydrogen-bond donors (Lipinski definition) is 1. The molecule has 19 heavy (non-hydrogen) atoms. The number of benzene rings is 1. The Morgan fingerprint density at radius 2 is 2.05 bits per heavy atom. The molecule has 1 aromatic rings. The van der Waals surface area contributed by atoms with Crippen molar-refractivity contribution in [1.82, 2.24) is 4.90 Å². The molecule has 2 amide bonds. The third kappa shape index (κ3) is 2.91. The second-order valence-electron chi connectivity index (χ2n) is 4.47. The van der Waals surface area contributed by atoms with E-state index in [0.29, 0.717) is 26.1 Å². The molecule has 0 bridgehead atoms. The molecule has 0 saturated carbocycles. The van der Waals surface area contributed by atoms with Gasteiger partial charge < -0.3 is 14.6 Å². The van der Waals surface area contributed by atoms with E-state index in [1.807, 2.05) is 24.3 Å². The van der Waals surface area contributed by atoms with Crippen LogP contribution >= 0.6 is 0 Å². The highest BCUT2D eigenvalue weighted by Gasteiger charge is 2.31. The quantitative estimate of drug-likeness (QED) is 0.609. The first-order valence-electron chi connectivity index (χ1n) is 6.11. The van der Waals surface area contributed by atoms with Crippen molar-refractivity contribution in [3.05, 3.63) is 29.8 Å². The number of carbonyl (C=O) groups excluding carboxylic acids is 2. The second-order valence-corrected chi connectivity index (χ2v) is 4.47. The molecule has 0 atom stereocenters. The van der Waals surface area contributed by atoms with Crippen molar-refractivity contribution >= 4 is 17.5 Å². The lowest BCUT2D eigenvalue weighted by atomic mass is 10.1. The van der Waals surface area contributed by atoms with E-state index in [0.717, 1.165) is 11.3 Å². The first kappa shape index (κ1) is 13.5. The van der Waals surface area contributed by atoms with E-state index >= 15 is 0 Å². The third-order valence-electron chi connectivity index (χ3n) is 3.16. The maximum atomic E-state index is 12.0. The third-order valence-corrected chi connectivity index (χ3v) is 3.16. The Balaban J connectivity index is 2.17. The highest BCUT2D eigenvalue weighted by atomic mass is 16.6. The van der Waals surface area contributed by atoms with Gasteiger partial charge in [0.2, 0.25) is 0 Å². The lowest BCUT2D eigenvalue weighted by molar-refractivity contribution is -0.145. The molecule has 0 unspecified atom stereocenters. The largest absolute Gasteiger partial charge is 0.336 e. The Bertz CT molecular complexity index is 490. The van der Waals surface area contributed by atoms with Crippen molar-refractivity contribution in [2.75, 3.05) is 31.6 Å². The van der Waals surface area contributed by atoms with Gasteiger partial charge in [-0.05, 0) is 24.1 Å². The van der Waals surface area contributed by atoms with Crippen LogP contribution in [0, 0.1) is 0 Å². The molecule has 0 aromatic heterocycles. The molecule has 0 aliphatic carbocycles. The molecular formula is C13H17N3O3. The number of carbonyl (C=O) groups is 2. The van der Waals surface area contributed by atoms with Gasteiger partial charge in [0.1, 0.15) is 0 Å². The highest BCUT2D eigenvalue weighted by Crippen LogP contribution is 2.19. The molecule has 0 spiro atoms. The Labute approximate surface area is 111 Å². The molecule has 1 aliphatic heterocycles.